The van der Waals surface area contributed by atoms with E-state index in [0.29, 0.717) is 6.61 Å². The number of nitrogens with one attached hydrogen (secondary N) is 1. The third-order valence-electron chi connectivity index (χ3n) is 4.46. The molecule has 0 saturated carbocycles. The van der Waals surface area contributed by atoms with Gasteiger partial charge in [0.1, 0.15) is 12.4 Å². The Morgan fingerprint density at radius 3 is 2.46 bits per heavy atom. The molecule has 2 aromatic carbocycles. The molecular weight excluding hydrogens is 349 g/mol. The summed E-state index contributed by atoms with van der Waals surface area (Å²) in [5.41, 5.74) is 6.61. The Hall–Kier alpha value is -2.14. The second kappa shape index (κ2) is 9.53. The van der Waals surface area contributed by atoms with Crippen molar-refractivity contribution in [2.45, 2.75) is 47.1 Å². The van der Waals surface area contributed by atoms with Crippen LogP contribution in [0.4, 0.5) is 10.1 Å². The fourth-order valence-corrected chi connectivity index (χ4v) is 3.14. The largest absolute Gasteiger partial charge is 0.489 e. The first kappa shape index (κ1) is 20.2. The minimum atomic E-state index is -0.951. The molecular formula is C21H26FNO2S. The van der Waals surface area contributed by atoms with Gasteiger partial charge in [-0.05, 0) is 73.3 Å². The van der Waals surface area contributed by atoms with Crippen LogP contribution in [0.5, 0.6) is 5.75 Å². The van der Waals surface area contributed by atoms with Gasteiger partial charge in [0, 0.05) is 11.3 Å². The average Bonchev–Trinajstić information content (AvgIpc) is 2.62. The molecule has 0 radical (unpaired) electrons. The monoisotopic (exact) mass is 375 g/mol. The van der Waals surface area contributed by atoms with Crippen LogP contribution < -0.4 is 10.1 Å². The number of thiocarbonyl (C=S) groups is 1. The molecule has 0 aliphatic rings. The molecule has 0 amide bonds. The van der Waals surface area contributed by atoms with Gasteiger partial charge in [-0.3, -0.25) is 0 Å². The van der Waals surface area contributed by atoms with Gasteiger partial charge in [-0.25, -0.2) is 4.39 Å². The Kier molecular flexibility index (Phi) is 7.39. The third kappa shape index (κ3) is 4.94. The first-order valence-corrected chi connectivity index (χ1v) is 9.24. The van der Waals surface area contributed by atoms with Crippen LogP contribution in [0.2, 0.25) is 0 Å². The number of anilines is 1. The minimum absolute atomic E-state index is 0.0151. The highest BCUT2D eigenvalue weighted by Gasteiger charge is 2.12. The number of halogens is 1. The molecule has 0 fully saturated rings. The summed E-state index contributed by atoms with van der Waals surface area (Å²) in [5, 5.41) is 2.97. The molecule has 0 atom stereocenters. The van der Waals surface area contributed by atoms with Crippen LogP contribution in [-0.4, -0.2) is 12.0 Å². The van der Waals surface area contributed by atoms with Crippen LogP contribution in [0, 0.1) is 13.8 Å². The van der Waals surface area contributed by atoms with Crippen molar-refractivity contribution in [1.29, 1.82) is 0 Å². The summed E-state index contributed by atoms with van der Waals surface area (Å²) >= 11 is 5.00. The molecule has 0 spiro atoms. The number of benzene rings is 2. The summed E-state index contributed by atoms with van der Waals surface area (Å²) in [7, 11) is 0. The lowest BCUT2D eigenvalue weighted by Crippen LogP contribution is -2.15. The van der Waals surface area contributed by atoms with Crippen molar-refractivity contribution in [3.63, 3.8) is 0 Å². The zero-order valence-electron chi connectivity index (χ0n) is 15.8. The van der Waals surface area contributed by atoms with Crippen LogP contribution in [0.1, 0.15) is 41.7 Å². The Morgan fingerprint density at radius 2 is 1.81 bits per heavy atom. The first-order chi connectivity index (χ1) is 12.5. The molecule has 0 unspecified atom stereocenters. The highest BCUT2D eigenvalue weighted by Crippen LogP contribution is 2.27. The Bertz CT molecular complexity index is 777. The maximum absolute atomic E-state index is 12.3. The lowest BCUT2D eigenvalue weighted by Gasteiger charge is -2.18. The van der Waals surface area contributed by atoms with E-state index >= 15 is 0 Å². The van der Waals surface area contributed by atoms with Gasteiger partial charge in [0.2, 0.25) is 6.86 Å². The van der Waals surface area contributed by atoms with Crippen molar-refractivity contribution in [2.24, 2.45) is 0 Å². The van der Waals surface area contributed by atoms with Crippen LogP contribution >= 0.6 is 12.2 Å². The second-order valence-electron chi connectivity index (χ2n) is 6.15. The van der Waals surface area contributed by atoms with Gasteiger partial charge >= 0.3 is 0 Å². The lowest BCUT2D eigenvalue weighted by atomic mass is 10.0. The van der Waals surface area contributed by atoms with Crippen molar-refractivity contribution in [3.8, 4) is 5.75 Å². The molecule has 0 aliphatic carbocycles. The third-order valence-corrected chi connectivity index (χ3v) is 4.68. The number of hydrogen-bond acceptors (Lipinski definition) is 3. The summed E-state index contributed by atoms with van der Waals surface area (Å²) < 4.78 is 23.2. The molecule has 140 valence electrons. The van der Waals surface area contributed by atoms with Crippen molar-refractivity contribution < 1.29 is 13.9 Å². The normalized spacial score (nSPS) is 10.5. The Morgan fingerprint density at radius 1 is 1.08 bits per heavy atom. The zero-order valence-corrected chi connectivity index (χ0v) is 16.6. The average molecular weight is 376 g/mol. The van der Waals surface area contributed by atoms with E-state index in [9.17, 15) is 4.39 Å². The fraction of sp³-hybridized carbons (Fsp3) is 0.381. The highest BCUT2D eigenvalue weighted by atomic mass is 32.1. The number of aryl methyl sites for hydroxylation is 4. The molecule has 2 rings (SSSR count). The maximum Gasteiger partial charge on any atom is 0.263 e. The predicted molar refractivity (Wildman–Crippen MR) is 109 cm³/mol. The van der Waals surface area contributed by atoms with Gasteiger partial charge in [-0.2, -0.15) is 0 Å². The molecule has 26 heavy (non-hydrogen) atoms. The van der Waals surface area contributed by atoms with Gasteiger partial charge < -0.3 is 14.8 Å². The molecule has 0 saturated heterocycles. The molecule has 0 aliphatic heterocycles. The minimum Gasteiger partial charge on any atom is -0.489 e. The second-order valence-corrected chi connectivity index (χ2v) is 6.52. The summed E-state index contributed by atoms with van der Waals surface area (Å²) in [6, 6.07) is 10.2. The number of hydrogen-bond donors (Lipinski definition) is 1. The first-order valence-electron chi connectivity index (χ1n) is 8.83. The highest BCUT2D eigenvalue weighted by molar-refractivity contribution is 7.80. The van der Waals surface area contributed by atoms with Gasteiger partial charge in [-0.15, -0.1) is 0 Å². The smallest absolute Gasteiger partial charge is 0.263 e. The summed E-state index contributed by atoms with van der Waals surface area (Å²) in [6.45, 7) is 7.85. The van der Waals surface area contributed by atoms with E-state index in [4.69, 9.17) is 21.7 Å². The Balaban J connectivity index is 2.25. The van der Waals surface area contributed by atoms with Gasteiger partial charge in [0.05, 0.1) is 0 Å². The summed E-state index contributed by atoms with van der Waals surface area (Å²) in [4.78, 5) is 0. The van der Waals surface area contributed by atoms with Crippen molar-refractivity contribution in [2.75, 3.05) is 12.2 Å². The van der Waals surface area contributed by atoms with E-state index in [2.05, 4.69) is 51.2 Å². The van der Waals surface area contributed by atoms with Gasteiger partial charge in [0.15, 0.2) is 0 Å². The molecule has 3 nitrogen and oxygen atoms in total. The van der Waals surface area contributed by atoms with Gasteiger partial charge in [-0.1, -0.05) is 32.0 Å². The van der Waals surface area contributed by atoms with E-state index in [1.54, 1.807) is 0 Å². The van der Waals surface area contributed by atoms with E-state index in [1.165, 1.54) is 11.1 Å². The van der Waals surface area contributed by atoms with E-state index in [1.807, 2.05) is 12.1 Å². The van der Waals surface area contributed by atoms with E-state index in [0.717, 1.165) is 41.0 Å². The molecule has 1 N–H and O–H groups in total. The fourth-order valence-electron chi connectivity index (χ4n) is 2.98. The quantitative estimate of drug-likeness (QED) is 0.634. The Labute approximate surface area is 160 Å². The van der Waals surface area contributed by atoms with E-state index < -0.39 is 6.86 Å². The van der Waals surface area contributed by atoms with Crippen LogP contribution in [0.3, 0.4) is 0 Å². The molecule has 0 aromatic heterocycles. The van der Waals surface area contributed by atoms with Crippen LogP contribution in [0.15, 0.2) is 30.3 Å². The topological polar surface area (TPSA) is 30.5 Å². The van der Waals surface area contributed by atoms with Crippen LogP contribution in [-0.2, 0) is 24.2 Å². The number of ether oxygens (including phenoxy) is 2. The molecule has 5 heteroatoms. The lowest BCUT2D eigenvalue weighted by molar-refractivity contribution is 0.184. The van der Waals surface area contributed by atoms with E-state index in [-0.39, 0.29) is 5.17 Å². The SMILES string of the molecule is CCc1cc(C)c(OCc2c(CC)cccc2NC(=S)OCF)cc1C. The standard InChI is InChI=1S/C21H26FNO2S/c1-5-16-8-7-9-19(23-21(26)25-13-22)18(16)12-24-20-11-14(3)17(6-2)10-15(20)4/h7-11H,5-6,12-13H2,1-4H3,(H,23,26). The van der Waals surface area contributed by atoms with Crippen molar-refractivity contribution >= 4 is 23.1 Å². The van der Waals surface area contributed by atoms with Crippen molar-refractivity contribution in [1.82, 2.24) is 0 Å². The molecule has 0 bridgehead atoms. The van der Waals surface area contributed by atoms with Crippen LogP contribution in [0.25, 0.3) is 0 Å². The number of rotatable bonds is 7. The summed E-state index contributed by atoms with van der Waals surface area (Å²) in [5.74, 6) is 0.874. The summed E-state index contributed by atoms with van der Waals surface area (Å²) in [6.07, 6.45) is 1.86. The molecule has 0 heterocycles. The predicted octanol–water partition coefficient (Wildman–Crippen LogP) is 5.65. The van der Waals surface area contributed by atoms with Gasteiger partial charge in [0.25, 0.3) is 5.17 Å². The zero-order chi connectivity index (χ0) is 19.1. The maximum atomic E-state index is 12.3. The molecule has 2 aromatic rings. The number of alkyl halides is 1. The van der Waals surface area contributed by atoms with Crippen molar-refractivity contribution in [3.05, 3.63) is 58.1 Å².